The second-order valence-corrected chi connectivity index (χ2v) is 2.09. The Morgan fingerprint density at radius 2 is 2.45 bits per heavy atom. The van der Waals surface area contributed by atoms with E-state index in [1.54, 1.807) is 0 Å². The molecule has 1 amide bonds. The van der Waals surface area contributed by atoms with Crippen LogP contribution in [0.25, 0.3) is 0 Å². The van der Waals surface area contributed by atoms with Crippen LogP contribution in [0.1, 0.15) is 13.3 Å². The van der Waals surface area contributed by atoms with Gasteiger partial charge in [0.05, 0.1) is 6.07 Å². The zero-order valence-electron chi connectivity index (χ0n) is 6.76. The number of rotatable bonds is 4. The summed E-state index contributed by atoms with van der Waals surface area (Å²) in [5.41, 5.74) is 0. The minimum Gasteiger partial charge on any atom is -0.375 e. The molecule has 11 heavy (non-hydrogen) atoms. The Hall–Kier alpha value is -1.08. The minimum absolute atomic E-state index is 0.0121. The predicted octanol–water partition coefficient (Wildman–Crippen LogP) is 0.0512. The van der Waals surface area contributed by atoms with Gasteiger partial charge >= 0.3 is 0 Å². The zero-order valence-corrected chi connectivity index (χ0v) is 6.76. The summed E-state index contributed by atoms with van der Waals surface area (Å²) in [5, 5.41) is 10.9. The maximum Gasteiger partial charge on any atom is 0.247 e. The van der Waals surface area contributed by atoms with Crippen LogP contribution >= 0.6 is 0 Å². The van der Waals surface area contributed by atoms with Gasteiger partial charge in [-0.15, -0.1) is 0 Å². The largest absolute Gasteiger partial charge is 0.375 e. The highest BCUT2D eigenvalue weighted by Gasteiger charge is 2.07. The fourth-order valence-corrected chi connectivity index (χ4v) is 0.593. The number of hydrogen-bond acceptors (Lipinski definition) is 3. The zero-order chi connectivity index (χ0) is 8.69. The third-order valence-electron chi connectivity index (χ3n) is 1.17. The summed E-state index contributed by atoms with van der Waals surface area (Å²) < 4.78 is 4.57. The Labute approximate surface area is 66.1 Å². The molecule has 0 unspecified atom stereocenters. The molecule has 62 valence electrons. The van der Waals surface area contributed by atoms with Crippen LogP contribution in [0.5, 0.6) is 0 Å². The van der Waals surface area contributed by atoms with Gasteiger partial charge in [-0.1, -0.05) is 6.92 Å². The fourth-order valence-electron chi connectivity index (χ4n) is 0.593. The van der Waals surface area contributed by atoms with Crippen LogP contribution in [0.15, 0.2) is 0 Å². The number of carbonyl (C=O) groups excluding carboxylic acids is 1. The third-order valence-corrected chi connectivity index (χ3v) is 1.17. The van der Waals surface area contributed by atoms with Crippen molar-refractivity contribution >= 4 is 5.91 Å². The molecule has 0 radical (unpaired) electrons. The summed E-state index contributed by atoms with van der Waals surface area (Å²) in [6.45, 7) is 1.85. The molecule has 1 atom stereocenters. The smallest absolute Gasteiger partial charge is 0.247 e. The number of nitrogens with one attached hydrogen (secondary N) is 1. The van der Waals surface area contributed by atoms with Crippen molar-refractivity contribution in [3.05, 3.63) is 0 Å². The Bertz CT molecular complexity index is 162. The van der Waals surface area contributed by atoms with Crippen molar-refractivity contribution in [2.75, 3.05) is 13.7 Å². The molecule has 4 nitrogen and oxygen atoms in total. The predicted molar refractivity (Wildman–Crippen MR) is 39.7 cm³/mol. The number of methoxy groups -OCH3 is 1. The van der Waals surface area contributed by atoms with Crippen LogP contribution < -0.4 is 5.32 Å². The van der Waals surface area contributed by atoms with E-state index in [1.165, 1.54) is 7.11 Å². The van der Waals surface area contributed by atoms with E-state index in [2.05, 4.69) is 10.1 Å². The van der Waals surface area contributed by atoms with E-state index in [0.29, 0.717) is 6.42 Å². The molecule has 0 aliphatic rings. The number of hydrogen-bond donors (Lipinski definition) is 1. The maximum atomic E-state index is 10.8. The number of amides is 1. The van der Waals surface area contributed by atoms with E-state index in [0.717, 1.165) is 0 Å². The van der Waals surface area contributed by atoms with Crippen molar-refractivity contribution in [1.29, 1.82) is 5.26 Å². The number of carbonyl (C=O) groups is 1. The Kier molecular flexibility index (Phi) is 5.13. The summed E-state index contributed by atoms with van der Waals surface area (Å²) in [5.74, 6) is -0.249. The fraction of sp³-hybridized carbons (Fsp3) is 0.714. The molecule has 0 aromatic rings. The third kappa shape index (κ3) is 4.34. The average molecular weight is 156 g/mol. The average Bonchev–Trinajstić information content (AvgIpc) is 2.01. The first-order chi connectivity index (χ1) is 5.24. The molecule has 1 N–H and O–H groups in total. The first-order valence-corrected chi connectivity index (χ1v) is 3.42. The number of ether oxygens (including phenoxy) is 1. The second-order valence-electron chi connectivity index (χ2n) is 2.09. The molecule has 0 rings (SSSR count). The lowest BCUT2D eigenvalue weighted by Gasteiger charge is -2.07. The SMILES string of the molecule is CC[C@@H](C#N)NC(=O)COC. The lowest BCUT2D eigenvalue weighted by Crippen LogP contribution is -2.35. The van der Waals surface area contributed by atoms with Gasteiger partial charge in [-0.3, -0.25) is 4.79 Å². The van der Waals surface area contributed by atoms with Gasteiger partial charge in [-0.25, -0.2) is 0 Å². The van der Waals surface area contributed by atoms with E-state index in [-0.39, 0.29) is 12.5 Å². The lowest BCUT2D eigenvalue weighted by atomic mass is 10.2. The lowest BCUT2D eigenvalue weighted by molar-refractivity contribution is -0.125. The standard InChI is InChI=1S/C7H12N2O2/c1-3-6(4-8)9-7(10)5-11-2/h6H,3,5H2,1-2H3,(H,9,10)/t6-/m0/s1. The first-order valence-electron chi connectivity index (χ1n) is 3.42. The monoisotopic (exact) mass is 156 g/mol. The molecule has 4 heteroatoms. The molecule has 0 spiro atoms. The topological polar surface area (TPSA) is 62.1 Å². The molecular weight excluding hydrogens is 144 g/mol. The molecule has 0 heterocycles. The number of nitriles is 1. The van der Waals surface area contributed by atoms with Crippen LogP contribution in [-0.2, 0) is 9.53 Å². The van der Waals surface area contributed by atoms with Crippen LogP contribution in [0, 0.1) is 11.3 Å². The molecule has 0 aromatic carbocycles. The van der Waals surface area contributed by atoms with Gasteiger partial charge in [0.1, 0.15) is 12.6 Å². The highest BCUT2D eigenvalue weighted by Crippen LogP contribution is 1.86. The summed E-state index contributed by atoms with van der Waals surface area (Å²) in [4.78, 5) is 10.8. The molecule has 0 bridgehead atoms. The van der Waals surface area contributed by atoms with Gasteiger partial charge < -0.3 is 10.1 Å². The normalized spacial score (nSPS) is 11.7. The summed E-state index contributed by atoms with van der Waals surface area (Å²) >= 11 is 0. The van der Waals surface area contributed by atoms with Crippen molar-refractivity contribution in [2.24, 2.45) is 0 Å². The second kappa shape index (κ2) is 5.69. The Morgan fingerprint density at radius 1 is 1.82 bits per heavy atom. The van der Waals surface area contributed by atoms with E-state index in [1.807, 2.05) is 13.0 Å². The highest BCUT2D eigenvalue weighted by molar-refractivity contribution is 5.77. The van der Waals surface area contributed by atoms with Crippen molar-refractivity contribution < 1.29 is 9.53 Å². The molecule has 0 aromatic heterocycles. The van der Waals surface area contributed by atoms with Gasteiger partial charge in [-0.2, -0.15) is 5.26 Å². The molecule has 0 saturated carbocycles. The quantitative estimate of drug-likeness (QED) is 0.625. The van der Waals surface area contributed by atoms with Crippen LogP contribution in [0.3, 0.4) is 0 Å². The van der Waals surface area contributed by atoms with Gasteiger partial charge in [0.15, 0.2) is 0 Å². The highest BCUT2D eigenvalue weighted by atomic mass is 16.5. The minimum atomic E-state index is -0.391. The van der Waals surface area contributed by atoms with Crippen LogP contribution in [0.4, 0.5) is 0 Å². The summed E-state index contributed by atoms with van der Waals surface area (Å²) in [6, 6.07) is 1.56. The van der Waals surface area contributed by atoms with Crippen molar-refractivity contribution in [3.8, 4) is 6.07 Å². The summed E-state index contributed by atoms with van der Waals surface area (Å²) in [7, 11) is 1.44. The molecule has 0 fully saturated rings. The summed E-state index contributed by atoms with van der Waals surface area (Å²) in [6.07, 6.45) is 0.617. The van der Waals surface area contributed by atoms with Gasteiger partial charge in [-0.05, 0) is 6.42 Å². The van der Waals surface area contributed by atoms with E-state index in [4.69, 9.17) is 5.26 Å². The van der Waals surface area contributed by atoms with Gasteiger partial charge in [0, 0.05) is 7.11 Å². The van der Waals surface area contributed by atoms with Crippen molar-refractivity contribution in [3.63, 3.8) is 0 Å². The van der Waals surface area contributed by atoms with E-state index >= 15 is 0 Å². The first kappa shape index (κ1) is 9.92. The maximum absolute atomic E-state index is 10.8. The van der Waals surface area contributed by atoms with Gasteiger partial charge in [0.2, 0.25) is 5.91 Å². The Balaban J connectivity index is 3.65. The van der Waals surface area contributed by atoms with Crippen LogP contribution in [0.2, 0.25) is 0 Å². The molecule has 0 aliphatic heterocycles. The van der Waals surface area contributed by atoms with E-state index in [9.17, 15) is 4.79 Å². The Morgan fingerprint density at radius 3 is 2.82 bits per heavy atom. The van der Waals surface area contributed by atoms with Crippen molar-refractivity contribution in [2.45, 2.75) is 19.4 Å². The van der Waals surface area contributed by atoms with E-state index < -0.39 is 6.04 Å². The van der Waals surface area contributed by atoms with Gasteiger partial charge in [0.25, 0.3) is 0 Å². The number of nitrogens with zero attached hydrogens (tertiary/aromatic N) is 1. The molecule has 0 aliphatic carbocycles. The molecular formula is C7H12N2O2. The molecule has 0 saturated heterocycles. The van der Waals surface area contributed by atoms with Crippen molar-refractivity contribution in [1.82, 2.24) is 5.32 Å². The van der Waals surface area contributed by atoms with Crippen LogP contribution in [-0.4, -0.2) is 25.7 Å².